The molecular weight excluding hydrogens is 601 g/mol. The van der Waals surface area contributed by atoms with Gasteiger partial charge in [0, 0.05) is 55.1 Å². The second kappa shape index (κ2) is 12.9. The lowest BCUT2D eigenvalue weighted by Crippen LogP contribution is -2.51. The average Bonchev–Trinajstić information content (AvgIpc) is 3.56. The van der Waals surface area contributed by atoms with Crippen molar-refractivity contribution in [1.82, 2.24) is 15.3 Å². The number of nitrogens with one attached hydrogen (secondary N) is 2. The molecule has 2 fully saturated rings. The maximum atomic E-state index is 10.5. The minimum atomic E-state index is -4.02. The molecule has 0 bridgehead atoms. The van der Waals surface area contributed by atoms with Crippen LogP contribution in [0.4, 0.5) is 5.69 Å². The summed E-state index contributed by atoms with van der Waals surface area (Å²) in [7, 11) is -8.04. The van der Waals surface area contributed by atoms with Gasteiger partial charge in [0.1, 0.15) is 0 Å². The fourth-order valence-corrected chi connectivity index (χ4v) is 6.03. The minimum absolute atomic E-state index is 0.0666. The van der Waals surface area contributed by atoms with Crippen LogP contribution in [0.25, 0.3) is 22.0 Å². The van der Waals surface area contributed by atoms with Gasteiger partial charge in [-0.25, -0.2) is 0 Å². The Balaban J connectivity index is 0.000000148. The molecule has 0 spiro atoms. The molecule has 2 aromatic heterocycles. The van der Waals surface area contributed by atoms with Crippen LogP contribution in [0.1, 0.15) is 11.1 Å². The molecule has 230 valence electrons. The Kier molecular flexibility index (Phi) is 9.18. The molecule has 0 amide bonds. The van der Waals surface area contributed by atoms with E-state index in [1.165, 1.54) is 52.0 Å². The highest BCUT2D eigenvalue weighted by Gasteiger charge is 2.39. The van der Waals surface area contributed by atoms with E-state index >= 15 is 0 Å². The average molecular weight is 635 g/mol. The van der Waals surface area contributed by atoms with Crippen LogP contribution in [-0.2, 0) is 20.2 Å². The Morgan fingerprint density at radius 1 is 0.750 bits per heavy atom. The molecule has 10 nitrogen and oxygen atoms in total. The lowest BCUT2D eigenvalue weighted by molar-refractivity contribution is 0.297. The van der Waals surface area contributed by atoms with E-state index in [1.807, 2.05) is 32.4 Å². The number of benzene rings is 3. The largest absolute Gasteiger partial charge is 0.368 e. The van der Waals surface area contributed by atoms with Crippen molar-refractivity contribution in [2.75, 3.05) is 24.5 Å². The molecule has 0 radical (unpaired) electrons. The molecule has 3 aromatic carbocycles. The van der Waals surface area contributed by atoms with Crippen LogP contribution in [-0.4, -0.2) is 61.6 Å². The number of H-pyrrole nitrogens is 1. The summed E-state index contributed by atoms with van der Waals surface area (Å²) in [6.07, 6.45) is 5.92. The number of fused-ring (bicyclic) bond motifs is 2. The molecular formula is C32H34N4O6S2. The molecule has 4 heterocycles. The highest BCUT2D eigenvalue weighted by molar-refractivity contribution is 7.86. The molecule has 2 aliphatic heterocycles. The molecule has 2 atom stereocenters. The van der Waals surface area contributed by atoms with Crippen LogP contribution in [0.5, 0.6) is 0 Å². The Hall–Kier alpha value is -4.07. The van der Waals surface area contributed by atoms with Gasteiger partial charge < -0.3 is 15.2 Å². The van der Waals surface area contributed by atoms with Crippen molar-refractivity contribution in [3.63, 3.8) is 0 Å². The SMILES string of the molecule is Cc1ccc(S(=O)(=O)O)cc1.Cc1ccc(S(=O)(=O)O)cc1.c1cc2ccc(-c3cncc(N4C[C@@H]5CN[C@@H]5C4)c3)cc2[nH]1. The highest BCUT2D eigenvalue weighted by atomic mass is 32.2. The van der Waals surface area contributed by atoms with Crippen molar-refractivity contribution >= 4 is 36.8 Å². The van der Waals surface area contributed by atoms with E-state index in [0.717, 1.165) is 36.7 Å². The van der Waals surface area contributed by atoms with Gasteiger partial charge in [0.2, 0.25) is 0 Å². The van der Waals surface area contributed by atoms with E-state index in [-0.39, 0.29) is 9.79 Å². The third-order valence-corrected chi connectivity index (χ3v) is 9.43. The van der Waals surface area contributed by atoms with Gasteiger partial charge >= 0.3 is 0 Å². The molecule has 7 rings (SSSR count). The van der Waals surface area contributed by atoms with Gasteiger partial charge in [-0.3, -0.25) is 14.1 Å². The van der Waals surface area contributed by atoms with E-state index in [9.17, 15) is 16.8 Å². The van der Waals surface area contributed by atoms with Gasteiger partial charge in [-0.1, -0.05) is 47.5 Å². The summed E-state index contributed by atoms with van der Waals surface area (Å²) in [5, 5.41) is 4.75. The summed E-state index contributed by atoms with van der Waals surface area (Å²) in [4.78, 5) is 10.1. The Labute approximate surface area is 257 Å². The number of aryl methyl sites for hydroxylation is 2. The smallest absolute Gasteiger partial charge is 0.294 e. The van der Waals surface area contributed by atoms with Crippen molar-refractivity contribution in [3.8, 4) is 11.1 Å². The van der Waals surface area contributed by atoms with Gasteiger partial charge in [-0.05, 0) is 67.3 Å². The molecule has 0 unspecified atom stereocenters. The first-order valence-electron chi connectivity index (χ1n) is 14.0. The second-order valence-electron chi connectivity index (χ2n) is 11.0. The molecule has 2 saturated heterocycles. The molecule has 2 aliphatic rings. The fourth-order valence-electron chi connectivity index (χ4n) is 5.07. The fraction of sp³-hybridized carbons (Fsp3) is 0.219. The summed E-state index contributed by atoms with van der Waals surface area (Å²) >= 11 is 0. The molecule has 4 N–H and O–H groups in total. The third-order valence-electron chi connectivity index (χ3n) is 7.70. The minimum Gasteiger partial charge on any atom is -0.368 e. The van der Waals surface area contributed by atoms with Gasteiger partial charge in [0.05, 0.1) is 21.7 Å². The first kappa shape index (κ1) is 31.4. The Morgan fingerprint density at radius 3 is 1.86 bits per heavy atom. The van der Waals surface area contributed by atoms with E-state index < -0.39 is 20.2 Å². The van der Waals surface area contributed by atoms with E-state index in [0.29, 0.717) is 6.04 Å². The molecule has 5 aromatic rings. The highest BCUT2D eigenvalue weighted by Crippen LogP contribution is 2.31. The summed E-state index contributed by atoms with van der Waals surface area (Å²) in [6.45, 7) is 7.10. The maximum Gasteiger partial charge on any atom is 0.294 e. The zero-order chi connectivity index (χ0) is 31.5. The number of pyridine rings is 1. The summed E-state index contributed by atoms with van der Waals surface area (Å²) in [5.74, 6) is 0.818. The van der Waals surface area contributed by atoms with Crippen LogP contribution >= 0.6 is 0 Å². The molecule has 44 heavy (non-hydrogen) atoms. The number of rotatable bonds is 4. The van der Waals surface area contributed by atoms with Crippen LogP contribution in [0.2, 0.25) is 0 Å². The van der Waals surface area contributed by atoms with E-state index in [4.69, 9.17) is 9.11 Å². The van der Waals surface area contributed by atoms with Crippen molar-refractivity contribution in [2.24, 2.45) is 5.92 Å². The van der Waals surface area contributed by atoms with Crippen LogP contribution < -0.4 is 10.2 Å². The number of hydrogen-bond donors (Lipinski definition) is 4. The normalized spacial score (nSPS) is 17.5. The zero-order valence-corrected chi connectivity index (χ0v) is 25.9. The van der Waals surface area contributed by atoms with Crippen molar-refractivity contribution < 1.29 is 25.9 Å². The standard InChI is InChI=1S/C18H18N4.2C7H8O3S/c1-2-13(6-17-12(1)3-4-20-17)14-5-16(9-19-7-14)22-10-15-8-21-18(15)11-22;2*1-6-2-4-7(5-3-6)11(8,9)10/h1-7,9,15,18,20-21H,8,10-11H2;2*2-5H,1H3,(H,8,9,10)/t15-,18+;;/m0../s1. The van der Waals surface area contributed by atoms with Crippen molar-refractivity contribution in [3.05, 3.63) is 109 Å². The van der Waals surface area contributed by atoms with Gasteiger partial charge in [0.25, 0.3) is 20.2 Å². The molecule has 0 aliphatic carbocycles. The lowest BCUT2D eigenvalue weighted by Gasteiger charge is -2.29. The van der Waals surface area contributed by atoms with Crippen molar-refractivity contribution in [2.45, 2.75) is 29.7 Å². The van der Waals surface area contributed by atoms with Crippen LogP contribution in [0.3, 0.4) is 0 Å². The predicted octanol–water partition coefficient (Wildman–Crippen LogP) is 5.12. The number of anilines is 1. The quantitative estimate of drug-likeness (QED) is 0.197. The topological polar surface area (TPSA) is 153 Å². The lowest BCUT2D eigenvalue weighted by atomic mass is 9.96. The monoisotopic (exact) mass is 634 g/mol. The predicted molar refractivity (Wildman–Crippen MR) is 171 cm³/mol. The maximum absolute atomic E-state index is 10.5. The molecule has 0 saturated carbocycles. The van der Waals surface area contributed by atoms with E-state index in [2.05, 4.69) is 50.5 Å². The summed E-state index contributed by atoms with van der Waals surface area (Å²) in [6, 6.07) is 23.6. The first-order chi connectivity index (χ1) is 20.9. The second-order valence-corrected chi connectivity index (χ2v) is 13.8. The molecule has 12 heteroatoms. The van der Waals surface area contributed by atoms with Gasteiger partial charge in [0.15, 0.2) is 0 Å². The van der Waals surface area contributed by atoms with E-state index in [1.54, 1.807) is 24.3 Å². The third kappa shape index (κ3) is 7.71. The first-order valence-corrected chi connectivity index (χ1v) is 16.8. The van der Waals surface area contributed by atoms with Gasteiger partial charge in [-0.2, -0.15) is 16.8 Å². The Bertz CT molecular complexity index is 1870. The van der Waals surface area contributed by atoms with Crippen LogP contribution in [0, 0.1) is 19.8 Å². The Morgan fingerprint density at radius 2 is 1.36 bits per heavy atom. The number of nitrogens with zero attached hydrogens (tertiary/aromatic N) is 2. The van der Waals surface area contributed by atoms with Crippen molar-refractivity contribution in [1.29, 1.82) is 0 Å². The number of hydrogen-bond acceptors (Lipinski definition) is 7. The number of aromatic amines is 1. The zero-order valence-electron chi connectivity index (χ0n) is 24.3. The van der Waals surface area contributed by atoms with Gasteiger partial charge in [-0.15, -0.1) is 0 Å². The van der Waals surface area contributed by atoms with Crippen LogP contribution in [0.15, 0.2) is 107 Å². The summed E-state index contributed by atoms with van der Waals surface area (Å²) < 4.78 is 59.1. The number of aromatic nitrogens is 2. The summed E-state index contributed by atoms with van der Waals surface area (Å²) in [5.41, 5.74) is 6.72.